The number of aryl methyl sites for hydroxylation is 2. The molecule has 1 aromatic heterocycles. The Kier molecular flexibility index (Phi) is 8.51. The first kappa shape index (κ1) is 25.2. The highest BCUT2D eigenvalue weighted by Gasteiger charge is 2.23. The zero-order chi connectivity index (χ0) is 24.0. The molecule has 0 spiro atoms. The average Bonchev–Trinajstić information content (AvgIpc) is 3.15. The summed E-state index contributed by atoms with van der Waals surface area (Å²) in [4.78, 5) is 17.4. The van der Waals surface area contributed by atoms with E-state index in [2.05, 4.69) is 16.8 Å². The number of sulfonamides is 1. The Hall–Kier alpha value is -2.42. The van der Waals surface area contributed by atoms with Crippen LogP contribution < -0.4 is 5.32 Å². The van der Waals surface area contributed by atoms with Crippen LogP contribution in [0.1, 0.15) is 45.0 Å². The van der Waals surface area contributed by atoms with Crippen molar-refractivity contribution in [1.82, 2.24) is 19.2 Å². The number of benzene rings is 2. The van der Waals surface area contributed by atoms with Crippen molar-refractivity contribution >= 4 is 38.6 Å². The molecule has 0 aliphatic heterocycles. The normalized spacial score (nSPS) is 11.9. The average molecular weight is 491 g/mol. The van der Waals surface area contributed by atoms with E-state index < -0.39 is 10.0 Å². The van der Waals surface area contributed by atoms with Crippen molar-refractivity contribution in [2.24, 2.45) is 0 Å². The topological polar surface area (TPSA) is 84.3 Å². The molecule has 0 saturated carbocycles. The molecule has 0 saturated heterocycles. The van der Waals surface area contributed by atoms with E-state index >= 15 is 0 Å². The van der Waals surface area contributed by atoms with Crippen molar-refractivity contribution in [3.05, 3.63) is 58.9 Å². The predicted octanol–water partition coefficient (Wildman–Crippen LogP) is 4.38. The van der Waals surface area contributed by atoms with Gasteiger partial charge in [0.1, 0.15) is 5.82 Å². The third kappa shape index (κ3) is 5.93. The second-order valence-corrected chi connectivity index (χ2v) is 10.2. The number of hydrogen-bond donors (Lipinski definition) is 1. The molecule has 178 valence electrons. The van der Waals surface area contributed by atoms with Gasteiger partial charge in [-0.3, -0.25) is 4.79 Å². The van der Waals surface area contributed by atoms with E-state index in [-0.39, 0.29) is 10.8 Å². The van der Waals surface area contributed by atoms with E-state index in [0.717, 1.165) is 29.9 Å². The molecule has 0 radical (unpaired) electrons. The van der Waals surface area contributed by atoms with Crippen LogP contribution in [0.5, 0.6) is 0 Å². The van der Waals surface area contributed by atoms with Gasteiger partial charge in [-0.2, -0.15) is 4.31 Å². The number of halogens is 1. The highest BCUT2D eigenvalue weighted by atomic mass is 35.5. The summed E-state index contributed by atoms with van der Waals surface area (Å²) in [7, 11) is -3.56. The van der Waals surface area contributed by atoms with Gasteiger partial charge < -0.3 is 9.88 Å². The maximum Gasteiger partial charge on any atom is 0.243 e. The smallest absolute Gasteiger partial charge is 0.243 e. The molecule has 0 atom stereocenters. The number of imidazole rings is 1. The summed E-state index contributed by atoms with van der Waals surface area (Å²) in [5.74, 6) is 0.718. The van der Waals surface area contributed by atoms with E-state index in [9.17, 15) is 13.2 Å². The fourth-order valence-corrected chi connectivity index (χ4v) is 5.42. The van der Waals surface area contributed by atoms with Crippen molar-refractivity contribution in [3.8, 4) is 0 Å². The van der Waals surface area contributed by atoms with Gasteiger partial charge in [0, 0.05) is 44.0 Å². The molecule has 33 heavy (non-hydrogen) atoms. The number of hydrogen-bond acceptors (Lipinski definition) is 4. The zero-order valence-electron chi connectivity index (χ0n) is 19.3. The first-order valence-corrected chi connectivity index (χ1v) is 13.1. The lowest BCUT2D eigenvalue weighted by Gasteiger charge is -2.18. The molecule has 0 bridgehead atoms. The third-order valence-corrected chi connectivity index (χ3v) is 7.87. The molecule has 7 nitrogen and oxygen atoms in total. The zero-order valence-corrected chi connectivity index (χ0v) is 20.9. The largest absolute Gasteiger partial charge is 0.352 e. The Morgan fingerprint density at radius 2 is 1.79 bits per heavy atom. The summed E-state index contributed by atoms with van der Waals surface area (Å²) < 4.78 is 29.3. The quantitative estimate of drug-likeness (QED) is 0.432. The monoisotopic (exact) mass is 490 g/mol. The van der Waals surface area contributed by atoms with E-state index in [0.29, 0.717) is 43.0 Å². The molecule has 3 rings (SSSR count). The molecule has 9 heteroatoms. The van der Waals surface area contributed by atoms with Crippen molar-refractivity contribution in [3.63, 3.8) is 0 Å². The highest BCUT2D eigenvalue weighted by molar-refractivity contribution is 7.89. The van der Waals surface area contributed by atoms with Gasteiger partial charge in [-0.25, -0.2) is 13.4 Å². The van der Waals surface area contributed by atoms with Crippen LogP contribution in [0.2, 0.25) is 5.02 Å². The fourth-order valence-electron chi connectivity index (χ4n) is 3.81. The van der Waals surface area contributed by atoms with Crippen molar-refractivity contribution in [2.45, 2.75) is 58.0 Å². The minimum atomic E-state index is -3.56. The molecular formula is C24H31ClN4O3S. The minimum Gasteiger partial charge on any atom is -0.352 e. The first-order chi connectivity index (χ1) is 15.8. The number of rotatable bonds is 11. The minimum absolute atomic E-state index is 0.0649. The van der Waals surface area contributed by atoms with Crippen LogP contribution in [0, 0.1) is 0 Å². The van der Waals surface area contributed by atoms with Crippen LogP contribution in [0.3, 0.4) is 0 Å². The van der Waals surface area contributed by atoms with Gasteiger partial charge >= 0.3 is 0 Å². The number of carbonyl (C=O) groups is 1. The third-order valence-electron chi connectivity index (χ3n) is 5.57. The Morgan fingerprint density at radius 1 is 1.09 bits per heavy atom. The van der Waals surface area contributed by atoms with Crippen LogP contribution in [0.15, 0.2) is 47.4 Å². The highest BCUT2D eigenvalue weighted by Crippen LogP contribution is 2.24. The number of amides is 1. The summed E-state index contributed by atoms with van der Waals surface area (Å²) in [5, 5.41) is 3.58. The Labute approximate surface area is 200 Å². The molecule has 0 fully saturated rings. The Balaban J connectivity index is 1.76. The van der Waals surface area contributed by atoms with Gasteiger partial charge in [0.25, 0.3) is 0 Å². The molecule has 1 amide bonds. The second-order valence-electron chi connectivity index (χ2n) is 7.82. The molecule has 0 unspecified atom stereocenters. The number of aromatic nitrogens is 2. The molecule has 3 aromatic rings. The molecule has 0 aliphatic carbocycles. The Morgan fingerprint density at radius 3 is 2.42 bits per heavy atom. The van der Waals surface area contributed by atoms with Crippen LogP contribution >= 0.6 is 11.6 Å². The predicted molar refractivity (Wildman–Crippen MR) is 132 cm³/mol. The van der Waals surface area contributed by atoms with Crippen LogP contribution in [0.4, 0.5) is 0 Å². The first-order valence-electron chi connectivity index (χ1n) is 11.3. The fraction of sp³-hybridized carbons (Fsp3) is 0.417. The second kappa shape index (κ2) is 11.1. The van der Waals surface area contributed by atoms with Gasteiger partial charge in [0.05, 0.1) is 15.9 Å². The van der Waals surface area contributed by atoms with Crippen molar-refractivity contribution in [2.75, 3.05) is 13.1 Å². The molecule has 2 aromatic carbocycles. The van der Waals surface area contributed by atoms with E-state index in [1.165, 1.54) is 4.31 Å². The van der Waals surface area contributed by atoms with Gasteiger partial charge in [-0.05, 0) is 42.3 Å². The number of nitrogens with zero attached hydrogens (tertiary/aromatic N) is 3. The molecule has 0 aliphatic rings. The van der Waals surface area contributed by atoms with Gasteiger partial charge in [0.2, 0.25) is 15.9 Å². The SMILES string of the molecule is CCCn1c(CCC(=O)NCc2ccc(Cl)cc2)nc2cc(S(=O)(=O)N(CC)CC)ccc21. The summed E-state index contributed by atoms with van der Waals surface area (Å²) in [6.07, 6.45) is 1.67. The lowest BCUT2D eigenvalue weighted by Crippen LogP contribution is -2.30. The van der Waals surface area contributed by atoms with E-state index in [1.54, 1.807) is 24.3 Å². The number of nitrogens with one attached hydrogen (secondary N) is 1. The molecular weight excluding hydrogens is 460 g/mol. The van der Waals surface area contributed by atoms with Crippen LogP contribution in [-0.2, 0) is 34.3 Å². The summed E-state index contributed by atoms with van der Waals surface area (Å²) in [6, 6.07) is 12.5. The van der Waals surface area contributed by atoms with Crippen molar-refractivity contribution in [1.29, 1.82) is 0 Å². The van der Waals surface area contributed by atoms with Gasteiger partial charge in [-0.1, -0.05) is 44.5 Å². The van der Waals surface area contributed by atoms with Gasteiger partial charge in [-0.15, -0.1) is 0 Å². The maximum atomic E-state index is 12.9. The molecule has 1 heterocycles. The van der Waals surface area contributed by atoms with E-state index in [4.69, 9.17) is 16.6 Å². The van der Waals surface area contributed by atoms with Crippen LogP contribution in [-0.4, -0.2) is 41.3 Å². The van der Waals surface area contributed by atoms with Crippen molar-refractivity contribution < 1.29 is 13.2 Å². The number of carbonyl (C=O) groups excluding carboxylic acids is 1. The van der Waals surface area contributed by atoms with Gasteiger partial charge in [0.15, 0.2) is 0 Å². The van der Waals surface area contributed by atoms with E-state index in [1.807, 2.05) is 32.0 Å². The summed E-state index contributed by atoms with van der Waals surface area (Å²) in [5.41, 5.74) is 2.49. The lowest BCUT2D eigenvalue weighted by molar-refractivity contribution is -0.121. The summed E-state index contributed by atoms with van der Waals surface area (Å²) in [6.45, 7) is 7.74. The Bertz CT molecular complexity index is 1200. The standard InChI is InChI=1S/C24H31ClN4O3S/c1-4-15-29-22-12-11-20(33(31,32)28(5-2)6-3)16-21(22)27-23(29)13-14-24(30)26-17-18-7-9-19(25)10-8-18/h7-12,16H,4-6,13-15,17H2,1-3H3,(H,26,30). The number of fused-ring (bicyclic) bond motifs is 1. The molecule has 1 N–H and O–H groups in total. The summed E-state index contributed by atoms with van der Waals surface area (Å²) >= 11 is 5.90. The van der Waals surface area contributed by atoms with Crippen LogP contribution in [0.25, 0.3) is 11.0 Å². The lowest BCUT2D eigenvalue weighted by atomic mass is 10.2. The maximum absolute atomic E-state index is 12.9.